The summed E-state index contributed by atoms with van der Waals surface area (Å²) < 4.78 is 26.6. The van der Waals surface area contributed by atoms with Gasteiger partial charge in [-0.25, -0.2) is 13.1 Å². The molecule has 2 atom stereocenters. The van der Waals surface area contributed by atoms with Crippen LogP contribution in [0.1, 0.15) is 25.7 Å². The van der Waals surface area contributed by atoms with Crippen molar-refractivity contribution in [2.75, 3.05) is 25.5 Å². The summed E-state index contributed by atoms with van der Waals surface area (Å²) >= 11 is 0. The van der Waals surface area contributed by atoms with Crippen molar-refractivity contribution in [1.82, 2.24) is 9.62 Å². The van der Waals surface area contributed by atoms with E-state index in [0.29, 0.717) is 22.7 Å². The summed E-state index contributed by atoms with van der Waals surface area (Å²) in [6.07, 6.45) is 4.85. The average molecular weight is 309 g/mol. The lowest BCUT2D eigenvalue weighted by atomic mass is 9.99. The monoisotopic (exact) mass is 309 g/mol. The summed E-state index contributed by atoms with van der Waals surface area (Å²) in [6, 6.07) is 8.04. The molecule has 0 amide bonds. The van der Waals surface area contributed by atoms with Gasteiger partial charge in [0.25, 0.3) is 0 Å². The summed E-state index contributed by atoms with van der Waals surface area (Å²) in [6.45, 7) is 2.29. The molecule has 0 aliphatic carbocycles. The zero-order chi connectivity index (χ0) is 14.9. The molecule has 2 saturated heterocycles. The molecule has 6 heteroatoms. The molecular formula is C15H23N3O2S. The molecule has 3 rings (SSSR count). The second-order valence-electron chi connectivity index (χ2n) is 5.84. The average Bonchev–Trinajstić information content (AvgIpc) is 2.91. The lowest BCUT2D eigenvalue weighted by Crippen LogP contribution is -2.42. The van der Waals surface area contributed by atoms with Crippen LogP contribution in [0.5, 0.6) is 0 Å². The van der Waals surface area contributed by atoms with Gasteiger partial charge in [-0.1, -0.05) is 18.6 Å². The van der Waals surface area contributed by atoms with Crippen LogP contribution in [0.15, 0.2) is 29.2 Å². The molecule has 0 radical (unpaired) electrons. The largest absolute Gasteiger partial charge is 0.380 e. The van der Waals surface area contributed by atoms with Crippen LogP contribution in [-0.4, -0.2) is 45.5 Å². The van der Waals surface area contributed by atoms with Crippen molar-refractivity contribution in [2.24, 2.45) is 0 Å². The van der Waals surface area contributed by atoms with Crippen LogP contribution in [-0.2, 0) is 10.0 Å². The van der Waals surface area contributed by atoms with E-state index in [0.717, 1.165) is 13.0 Å². The summed E-state index contributed by atoms with van der Waals surface area (Å²) in [5.74, 6) is 0. The molecule has 0 spiro atoms. The molecule has 2 heterocycles. The van der Waals surface area contributed by atoms with E-state index in [1.54, 1.807) is 12.1 Å². The molecule has 0 aromatic heterocycles. The summed E-state index contributed by atoms with van der Waals surface area (Å²) in [4.78, 5) is 2.87. The minimum Gasteiger partial charge on any atom is -0.380 e. The zero-order valence-corrected chi connectivity index (χ0v) is 13.2. The van der Waals surface area contributed by atoms with Gasteiger partial charge in [-0.15, -0.1) is 0 Å². The number of nitrogens with zero attached hydrogens (tertiary/aromatic N) is 1. The van der Waals surface area contributed by atoms with Gasteiger partial charge < -0.3 is 5.32 Å². The highest BCUT2D eigenvalue weighted by Gasteiger charge is 2.35. The molecule has 1 aromatic rings. The van der Waals surface area contributed by atoms with Gasteiger partial charge in [0, 0.05) is 18.6 Å². The molecule has 2 aliphatic rings. The molecule has 116 valence electrons. The van der Waals surface area contributed by atoms with Crippen LogP contribution in [0.3, 0.4) is 0 Å². The van der Waals surface area contributed by atoms with Crippen molar-refractivity contribution in [3.05, 3.63) is 24.3 Å². The third kappa shape index (κ3) is 2.93. The van der Waals surface area contributed by atoms with Crippen LogP contribution in [0.4, 0.5) is 5.69 Å². The third-order valence-corrected chi connectivity index (χ3v) is 6.11. The molecular weight excluding hydrogens is 286 g/mol. The standard InChI is InChI=1S/C15H23N3O2S/c1-16-21(19,20)15-8-3-2-6-13(15)17-12-9-11-18-10-5-4-7-14(12)18/h2-3,6,8,12,14,16-17H,4-5,7,9-11H2,1H3. The van der Waals surface area contributed by atoms with Gasteiger partial charge in [-0.05, 0) is 45.0 Å². The van der Waals surface area contributed by atoms with Crippen molar-refractivity contribution in [3.63, 3.8) is 0 Å². The minimum atomic E-state index is -3.43. The summed E-state index contributed by atoms with van der Waals surface area (Å²) in [5.41, 5.74) is 0.712. The van der Waals surface area contributed by atoms with Crippen molar-refractivity contribution in [1.29, 1.82) is 0 Å². The van der Waals surface area contributed by atoms with Crippen LogP contribution >= 0.6 is 0 Å². The smallest absolute Gasteiger partial charge is 0.242 e. The fraction of sp³-hybridized carbons (Fsp3) is 0.600. The lowest BCUT2D eigenvalue weighted by Gasteiger charge is -2.33. The Balaban J connectivity index is 1.82. The van der Waals surface area contributed by atoms with E-state index in [-0.39, 0.29) is 0 Å². The van der Waals surface area contributed by atoms with Crippen LogP contribution in [0.25, 0.3) is 0 Å². The number of benzene rings is 1. The Morgan fingerprint density at radius 2 is 1.95 bits per heavy atom. The number of fused-ring (bicyclic) bond motifs is 1. The van der Waals surface area contributed by atoms with Crippen LogP contribution in [0, 0.1) is 0 Å². The molecule has 2 N–H and O–H groups in total. The normalized spacial score (nSPS) is 26.5. The fourth-order valence-electron chi connectivity index (χ4n) is 3.55. The number of para-hydroxylation sites is 1. The molecule has 2 fully saturated rings. The quantitative estimate of drug-likeness (QED) is 0.887. The number of anilines is 1. The summed E-state index contributed by atoms with van der Waals surface area (Å²) in [7, 11) is -1.98. The maximum Gasteiger partial charge on any atom is 0.242 e. The van der Waals surface area contributed by atoms with E-state index in [1.165, 1.54) is 32.9 Å². The lowest BCUT2D eigenvalue weighted by molar-refractivity contribution is 0.192. The molecule has 5 nitrogen and oxygen atoms in total. The molecule has 2 aliphatic heterocycles. The van der Waals surface area contributed by atoms with Gasteiger partial charge in [-0.2, -0.15) is 0 Å². The number of piperidine rings is 1. The highest BCUT2D eigenvalue weighted by molar-refractivity contribution is 7.89. The van der Waals surface area contributed by atoms with Gasteiger partial charge in [0.1, 0.15) is 4.90 Å². The number of rotatable bonds is 4. The first kappa shape index (κ1) is 14.8. The first-order chi connectivity index (χ1) is 10.1. The van der Waals surface area contributed by atoms with Gasteiger partial charge in [0.15, 0.2) is 0 Å². The van der Waals surface area contributed by atoms with Gasteiger partial charge >= 0.3 is 0 Å². The Bertz CT molecular complexity index is 603. The molecule has 2 unspecified atom stereocenters. The van der Waals surface area contributed by atoms with Gasteiger partial charge in [-0.3, -0.25) is 4.90 Å². The Kier molecular flexibility index (Phi) is 4.19. The Labute approximate surface area is 126 Å². The molecule has 21 heavy (non-hydrogen) atoms. The van der Waals surface area contributed by atoms with E-state index in [2.05, 4.69) is 14.9 Å². The van der Waals surface area contributed by atoms with Crippen molar-refractivity contribution < 1.29 is 8.42 Å². The van der Waals surface area contributed by atoms with Crippen molar-refractivity contribution >= 4 is 15.7 Å². The zero-order valence-electron chi connectivity index (χ0n) is 12.4. The molecule has 0 bridgehead atoms. The van der Waals surface area contributed by atoms with Crippen molar-refractivity contribution in [3.8, 4) is 0 Å². The van der Waals surface area contributed by atoms with E-state index in [4.69, 9.17) is 0 Å². The number of hydrogen-bond acceptors (Lipinski definition) is 4. The Morgan fingerprint density at radius 1 is 1.14 bits per heavy atom. The molecule has 1 aromatic carbocycles. The van der Waals surface area contributed by atoms with E-state index >= 15 is 0 Å². The van der Waals surface area contributed by atoms with Crippen LogP contribution in [0.2, 0.25) is 0 Å². The maximum absolute atomic E-state index is 12.1. The van der Waals surface area contributed by atoms with Gasteiger partial charge in [0.2, 0.25) is 10.0 Å². The topological polar surface area (TPSA) is 61.4 Å². The van der Waals surface area contributed by atoms with Gasteiger partial charge in [0.05, 0.1) is 5.69 Å². The Morgan fingerprint density at radius 3 is 2.76 bits per heavy atom. The first-order valence-electron chi connectivity index (χ1n) is 7.65. The predicted octanol–water partition coefficient (Wildman–Crippen LogP) is 1.63. The summed E-state index contributed by atoms with van der Waals surface area (Å²) in [5, 5.41) is 3.49. The van der Waals surface area contributed by atoms with E-state index in [9.17, 15) is 8.42 Å². The van der Waals surface area contributed by atoms with Crippen molar-refractivity contribution in [2.45, 2.75) is 42.7 Å². The van der Waals surface area contributed by atoms with E-state index < -0.39 is 10.0 Å². The van der Waals surface area contributed by atoms with Crippen LogP contribution < -0.4 is 10.0 Å². The highest BCUT2D eigenvalue weighted by atomic mass is 32.2. The molecule has 0 saturated carbocycles. The SMILES string of the molecule is CNS(=O)(=O)c1ccccc1NC1CCN2CCCCC12. The second kappa shape index (κ2) is 5.94. The predicted molar refractivity (Wildman–Crippen MR) is 83.9 cm³/mol. The maximum atomic E-state index is 12.1. The Hall–Kier alpha value is -1.11. The fourth-order valence-corrected chi connectivity index (χ4v) is 4.44. The second-order valence-corrected chi connectivity index (χ2v) is 7.70. The minimum absolute atomic E-state index is 0.335. The number of nitrogens with one attached hydrogen (secondary N) is 2. The highest BCUT2D eigenvalue weighted by Crippen LogP contribution is 2.31. The number of hydrogen-bond donors (Lipinski definition) is 2. The number of sulfonamides is 1. The first-order valence-corrected chi connectivity index (χ1v) is 9.13. The van der Waals surface area contributed by atoms with E-state index in [1.807, 2.05) is 12.1 Å². The third-order valence-electron chi connectivity index (χ3n) is 4.64.